The van der Waals surface area contributed by atoms with Crippen LogP contribution in [0.3, 0.4) is 0 Å². The summed E-state index contributed by atoms with van der Waals surface area (Å²) in [6.07, 6.45) is 2.31. The van der Waals surface area contributed by atoms with E-state index in [4.69, 9.17) is 4.74 Å². The van der Waals surface area contributed by atoms with Crippen LogP contribution in [0, 0.1) is 5.92 Å². The Balaban J connectivity index is 2.39. The Hall–Kier alpha value is -2.10. The molecule has 4 heteroatoms. The molecule has 23 heavy (non-hydrogen) atoms. The Morgan fingerprint density at radius 3 is 2.39 bits per heavy atom. The summed E-state index contributed by atoms with van der Waals surface area (Å²) < 4.78 is 5.15. The van der Waals surface area contributed by atoms with Gasteiger partial charge < -0.3 is 9.64 Å². The maximum Gasteiger partial charge on any atom is 0.317 e. The molecule has 2 atom stereocenters. The largest absolute Gasteiger partial charge is 0.465 e. The van der Waals surface area contributed by atoms with Gasteiger partial charge in [-0.2, -0.15) is 0 Å². The average Bonchev–Trinajstić information content (AvgIpc) is 2.56. The molecule has 0 heterocycles. The molecule has 0 amide bonds. The average molecular weight is 315 g/mol. The van der Waals surface area contributed by atoms with Crippen molar-refractivity contribution in [3.05, 3.63) is 47.7 Å². The number of benzene rings is 1. The number of hydrogen-bond donors (Lipinski definition) is 0. The minimum atomic E-state index is -0.739. The zero-order chi connectivity index (χ0) is 16.8. The fourth-order valence-corrected chi connectivity index (χ4v) is 3.23. The highest BCUT2D eigenvalue weighted by atomic mass is 16.5. The van der Waals surface area contributed by atoms with E-state index in [1.165, 1.54) is 0 Å². The molecular formula is C19H25NO3. The van der Waals surface area contributed by atoms with Gasteiger partial charge in [0, 0.05) is 30.8 Å². The Labute approximate surface area is 138 Å². The lowest BCUT2D eigenvalue weighted by atomic mass is 9.76. The first kappa shape index (κ1) is 17.3. The number of carbonyl (C=O) groups excluding carboxylic acids is 2. The SMILES string of the molecule is CCOC(=O)C1C(=O)C=C(N(CC)CC)CC1c1ccccc1. The zero-order valence-corrected chi connectivity index (χ0v) is 14.1. The van der Waals surface area contributed by atoms with Crippen molar-refractivity contribution in [2.75, 3.05) is 19.7 Å². The maximum atomic E-state index is 12.6. The van der Waals surface area contributed by atoms with Crippen molar-refractivity contribution >= 4 is 11.8 Å². The monoisotopic (exact) mass is 315 g/mol. The molecule has 2 unspecified atom stereocenters. The molecule has 0 aromatic heterocycles. The first-order valence-electron chi connectivity index (χ1n) is 8.33. The molecule has 0 fully saturated rings. The molecule has 0 aliphatic heterocycles. The van der Waals surface area contributed by atoms with E-state index in [2.05, 4.69) is 18.7 Å². The summed E-state index contributed by atoms with van der Waals surface area (Å²) in [5.41, 5.74) is 2.02. The van der Waals surface area contributed by atoms with Gasteiger partial charge in [0.25, 0.3) is 0 Å². The summed E-state index contributed by atoms with van der Waals surface area (Å²) in [5.74, 6) is -1.47. The molecule has 0 radical (unpaired) electrons. The molecule has 1 aliphatic rings. The lowest BCUT2D eigenvalue weighted by Gasteiger charge is -2.34. The standard InChI is InChI=1S/C19H25NO3/c1-4-20(5-2)15-12-16(14-10-8-7-9-11-14)18(17(21)13-15)19(22)23-6-3/h7-11,13,16,18H,4-6,12H2,1-3H3. The van der Waals surface area contributed by atoms with Crippen LogP contribution in [0.4, 0.5) is 0 Å². The third kappa shape index (κ3) is 3.81. The molecular weight excluding hydrogens is 290 g/mol. The van der Waals surface area contributed by atoms with Gasteiger partial charge >= 0.3 is 5.97 Å². The molecule has 1 aliphatic carbocycles. The molecule has 1 aromatic carbocycles. The summed E-state index contributed by atoms with van der Waals surface area (Å²) in [6, 6.07) is 9.79. The van der Waals surface area contributed by atoms with Crippen molar-refractivity contribution in [2.24, 2.45) is 5.92 Å². The van der Waals surface area contributed by atoms with Crippen molar-refractivity contribution in [3.8, 4) is 0 Å². The summed E-state index contributed by atoms with van der Waals surface area (Å²) in [5, 5.41) is 0. The number of ether oxygens (including phenoxy) is 1. The number of allylic oxidation sites excluding steroid dienone is 2. The van der Waals surface area contributed by atoms with Crippen molar-refractivity contribution in [1.29, 1.82) is 0 Å². The molecule has 0 saturated carbocycles. The molecule has 124 valence electrons. The van der Waals surface area contributed by atoms with Crippen LogP contribution in [-0.2, 0) is 14.3 Å². The minimum Gasteiger partial charge on any atom is -0.465 e. The molecule has 1 aromatic rings. The summed E-state index contributed by atoms with van der Waals surface area (Å²) in [4.78, 5) is 27.1. The third-order valence-corrected chi connectivity index (χ3v) is 4.38. The number of ketones is 1. The van der Waals surface area contributed by atoms with E-state index in [9.17, 15) is 9.59 Å². The fourth-order valence-electron chi connectivity index (χ4n) is 3.23. The van der Waals surface area contributed by atoms with Gasteiger partial charge in [0.1, 0.15) is 5.92 Å². The third-order valence-electron chi connectivity index (χ3n) is 4.38. The van der Waals surface area contributed by atoms with Crippen molar-refractivity contribution < 1.29 is 14.3 Å². The van der Waals surface area contributed by atoms with Gasteiger partial charge in [-0.3, -0.25) is 9.59 Å². The van der Waals surface area contributed by atoms with Crippen LogP contribution in [0.2, 0.25) is 0 Å². The fraction of sp³-hybridized carbons (Fsp3) is 0.474. The predicted molar refractivity (Wildman–Crippen MR) is 89.9 cm³/mol. The van der Waals surface area contributed by atoms with Crippen LogP contribution in [0.25, 0.3) is 0 Å². The summed E-state index contributed by atoms with van der Waals surface area (Å²) in [7, 11) is 0. The Bertz CT molecular complexity index is 576. The smallest absolute Gasteiger partial charge is 0.317 e. The van der Waals surface area contributed by atoms with Gasteiger partial charge in [-0.25, -0.2) is 0 Å². The second kappa shape index (κ2) is 7.95. The maximum absolute atomic E-state index is 12.6. The zero-order valence-electron chi connectivity index (χ0n) is 14.1. The van der Waals surface area contributed by atoms with Gasteiger partial charge in [-0.05, 0) is 32.8 Å². The van der Waals surface area contributed by atoms with Gasteiger partial charge in [0.05, 0.1) is 6.61 Å². The lowest BCUT2D eigenvalue weighted by molar-refractivity contribution is -0.151. The van der Waals surface area contributed by atoms with Crippen LogP contribution in [0.5, 0.6) is 0 Å². The van der Waals surface area contributed by atoms with E-state index in [-0.39, 0.29) is 18.3 Å². The summed E-state index contributed by atoms with van der Waals surface area (Å²) >= 11 is 0. The highest BCUT2D eigenvalue weighted by Crippen LogP contribution is 2.37. The summed E-state index contributed by atoms with van der Waals surface area (Å²) in [6.45, 7) is 7.90. The van der Waals surface area contributed by atoms with Crippen LogP contribution in [0.15, 0.2) is 42.1 Å². The number of nitrogens with zero attached hydrogens (tertiary/aromatic N) is 1. The molecule has 4 nitrogen and oxygen atoms in total. The van der Waals surface area contributed by atoms with Crippen LogP contribution < -0.4 is 0 Å². The first-order chi connectivity index (χ1) is 11.1. The van der Waals surface area contributed by atoms with E-state index in [0.29, 0.717) is 6.42 Å². The van der Waals surface area contributed by atoms with Crippen LogP contribution in [0.1, 0.15) is 38.7 Å². The number of esters is 1. The molecule has 0 saturated heterocycles. The molecule has 0 spiro atoms. The van der Waals surface area contributed by atoms with E-state index >= 15 is 0 Å². The van der Waals surface area contributed by atoms with E-state index in [1.807, 2.05) is 30.3 Å². The Morgan fingerprint density at radius 2 is 1.83 bits per heavy atom. The van der Waals surface area contributed by atoms with Crippen LogP contribution in [-0.4, -0.2) is 36.3 Å². The van der Waals surface area contributed by atoms with E-state index in [0.717, 1.165) is 24.4 Å². The highest BCUT2D eigenvalue weighted by Gasteiger charge is 2.40. The Kier molecular flexibility index (Phi) is 5.97. The van der Waals surface area contributed by atoms with Gasteiger partial charge in [0.15, 0.2) is 5.78 Å². The second-order valence-electron chi connectivity index (χ2n) is 5.66. The van der Waals surface area contributed by atoms with Crippen molar-refractivity contribution in [3.63, 3.8) is 0 Å². The van der Waals surface area contributed by atoms with Gasteiger partial charge in [-0.15, -0.1) is 0 Å². The minimum absolute atomic E-state index is 0.148. The normalized spacial score (nSPS) is 20.8. The molecule has 2 rings (SSSR count). The quantitative estimate of drug-likeness (QED) is 0.597. The molecule has 0 N–H and O–H groups in total. The predicted octanol–water partition coefficient (Wildman–Crippen LogP) is 3.15. The Morgan fingerprint density at radius 1 is 1.17 bits per heavy atom. The lowest BCUT2D eigenvalue weighted by Crippen LogP contribution is -2.37. The molecule has 0 bridgehead atoms. The highest BCUT2D eigenvalue weighted by molar-refractivity contribution is 6.07. The number of rotatable bonds is 6. The number of carbonyl (C=O) groups is 2. The topological polar surface area (TPSA) is 46.6 Å². The second-order valence-corrected chi connectivity index (χ2v) is 5.66. The van der Waals surface area contributed by atoms with Crippen molar-refractivity contribution in [1.82, 2.24) is 4.90 Å². The van der Waals surface area contributed by atoms with E-state index in [1.54, 1.807) is 13.0 Å². The van der Waals surface area contributed by atoms with Gasteiger partial charge in [0.2, 0.25) is 0 Å². The number of hydrogen-bond acceptors (Lipinski definition) is 4. The van der Waals surface area contributed by atoms with Gasteiger partial charge in [-0.1, -0.05) is 30.3 Å². The van der Waals surface area contributed by atoms with Crippen molar-refractivity contribution in [2.45, 2.75) is 33.1 Å². The first-order valence-corrected chi connectivity index (χ1v) is 8.33. The van der Waals surface area contributed by atoms with Crippen LogP contribution >= 0.6 is 0 Å². The van der Waals surface area contributed by atoms with E-state index < -0.39 is 11.9 Å².